The predicted molar refractivity (Wildman–Crippen MR) is 57.3 cm³/mol. The van der Waals surface area contributed by atoms with Gasteiger partial charge in [0.2, 0.25) is 0 Å². The van der Waals surface area contributed by atoms with E-state index in [0.717, 1.165) is 29.8 Å². The van der Waals surface area contributed by atoms with Crippen LogP contribution in [0.4, 0.5) is 5.69 Å². The van der Waals surface area contributed by atoms with Crippen molar-refractivity contribution in [1.82, 2.24) is 0 Å². The van der Waals surface area contributed by atoms with Crippen LogP contribution in [0, 0.1) is 0 Å². The minimum atomic E-state index is 0.673. The Kier molecular flexibility index (Phi) is 2.39. The largest absolute Gasteiger partial charge is 0.398 e. The summed E-state index contributed by atoms with van der Waals surface area (Å²) in [6.45, 7) is 2.79. The summed E-state index contributed by atoms with van der Waals surface area (Å²) in [5.41, 5.74) is 10.0. The second kappa shape index (κ2) is 3.70. The highest BCUT2D eigenvalue weighted by Gasteiger charge is 2.16. The highest BCUT2D eigenvalue weighted by molar-refractivity contribution is 6.06. The molecule has 1 aromatic carbocycles. The SMILES string of the molecule is CCc1cccc(N)c1C1=NOCC1. The molecular weight excluding hydrogens is 176 g/mol. The predicted octanol–water partition coefficient (Wildman–Crippen LogP) is 1.96. The third-order valence-electron chi connectivity index (χ3n) is 2.46. The van der Waals surface area contributed by atoms with E-state index in [1.807, 2.05) is 12.1 Å². The normalized spacial score (nSPS) is 15.1. The average Bonchev–Trinajstić information content (AvgIpc) is 2.70. The number of aryl methyl sites for hydroxylation is 1. The molecule has 0 atom stereocenters. The van der Waals surface area contributed by atoms with Crippen molar-refractivity contribution in [3.8, 4) is 0 Å². The number of nitrogens with two attached hydrogens (primary N) is 1. The molecule has 1 heterocycles. The Bertz CT molecular complexity index is 372. The molecule has 0 aliphatic carbocycles. The molecule has 2 rings (SSSR count). The van der Waals surface area contributed by atoms with E-state index >= 15 is 0 Å². The Morgan fingerprint density at radius 3 is 3.00 bits per heavy atom. The molecule has 0 radical (unpaired) electrons. The molecule has 0 bridgehead atoms. The number of hydrogen-bond donors (Lipinski definition) is 1. The minimum Gasteiger partial charge on any atom is -0.398 e. The van der Waals surface area contributed by atoms with E-state index in [1.54, 1.807) is 0 Å². The highest BCUT2D eigenvalue weighted by Crippen LogP contribution is 2.22. The molecule has 2 N–H and O–H groups in total. The van der Waals surface area contributed by atoms with Crippen LogP contribution in [0.2, 0.25) is 0 Å². The molecule has 74 valence electrons. The first-order valence-electron chi connectivity index (χ1n) is 4.89. The zero-order chi connectivity index (χ0) is 9.97. The summed E-state index contributed by atoms with van der Waals surface area (Å²) >= 11 is 0. The lowest BCUT2D eigenvalue weighted by atomic mass is 9.98. The second-order valence-corrected chi connectivity index (χ2v) is 3.36. The van der Waals surface area contributed by atoms with E-state index in [4.69, 9.17) is 10.6 Å². The van der Waals surface area contributed by atoms with Crippen molar-refractivity contribution in [2.24, 2.45) is 5.16 Å². The first kappa shape index (κ1) is 9.06. The van der Waals surface area contributed by atoms with Crippen LogP contribution in [-0.2, 0) is 11.3 Å². The number of nitrogens with zero attached hydrogens (tertiary/aromatic N) is 1. The smallest absolute Gasteiger partial charge is 0.122 e. The molecule has 0 fully saturated rings. The van der Waals surface area contributed by atoms with Gasteiger partial charge in [0.25, 0.3) is 0 Å². The third kappa shape index (κ3) is 1.45. The van der Waals surface area contributed by atoms with Gasteiger partial charge in [-0.1, -0.05) is 24.2 Å². The van der Waals surface area contributed by atoms with E-state index in [1.165, 1.54) is 5.56 Å². The maximum atomic E-state index is 5.94. The summed E-state index contributed by atoms with van der Waals surface area (Å²) in [6.07, 6.45) is 1.83. The van der Waals surface area contributed by atoms with Gasteiger partial charge in [-0.2, -0.15) is 0 Å². The fourth-order valence-electron chi connectivity index (χ4n) is 1.75. The van der Waals surface area contributed by atoms with Gasteiger partial charge in [-0.25, -0.2) is 0 Å². The molecule has 14 heavy (non-hydrogen) atoms. The number of hydrogen-bond acceptors (Lipinski definition) is 3. The summed E-state index contributed by atoms with van der Waals surface area (Å²) in [5, 5.41) is 4.01. The molecule has 0 spiro atoms. The van der Waals surface area contributed by atoms with Gasteiger partial charge in [0.15, 0.2) is 0 Å². The quantitative estimate of drug-likeness (QED) is 0.724. The number of nitrogen functional groups attached to an aromatic ring is 1. The topological polar surface area (TPSA) is 47.6 Å². The van der Waals surface area contributed by atoms with E-state index in [9.17, 15) is 0 Å². The lowest BCUT2D eigenvalue weighted by Gasteiger charge is -2.09. The number of rotatable bonds is 2. The first-order valence-corrected chi connectivity index (χ1v) is 4.89. The molecular formula is C11H14N2O. The molecule has 0 amide bonds. The molecule has 0 aromatic heterocycles. The number of oxime groups is 1. The standard InChI is InChI=1S/C11H14N2O/c1-2-8-4-3-5-9(12)11(8)10-6-7-14-13-10/h3-5H,2,6-7,12H2,1H3. The van der Waals surface area contributed by atoms with Gasteiger partial charge in [-0.3, -0.25) is 0 Å². The molecule has 0 unspecified atom stereocenters. The highest BCUT2D eigenvalue weighted by atomic mass is 16.6. The van der Waals surface area contributed by atoms with Crippen molar-refractivity contribution < 1.29 is 4.84 Å². The van der Waals surface area contributed by atoms with Crippen LogP contribution in [0.1, 0.15) is 24.5 Å². The van der Waals surface area contributed by atoms with Crippen molar-refractivity contribution in [3.63, 3.8) is 0 Å². The lowest BCUT2D eigenvalue weighted by molar-refractivity contribution is 0.174. The number of anilines is 1. The van der Waals surface area contributed by atoms with Gasteiger partial charge in [0.05, 0.1) is 5.71 Å². The van der Waals surface area contributed by atoms with Gasteiger partial charge < -0.3 is 10.6 Å². The van der Waals surface area contributed by atoms with Gasteiger partial charge in [-0.15, -0.1) is 0 Å². The van der Waals surface area contributed by atoms with Gasteiger partial charge in [0, 0.05) is 17.7 Å². The Labute approximate surface area is 83.6 Å². The lowest BCUT2D eigenvalue weighted by Crippen LogP contribution is -2.06. The first-order chi connectivity index (χ1) is 6.83. The summed E-state index contributed by atoms with van der Waals surface area (Å²) in [5.74, 6) is 0. The molecule has 3 nitrogen and oxygen atoms in total. The molecule has 3 heteroatoms. The maximum Gasteiger partial charge on any atom is 0.122 e. The van der Waals surface area contributed by atoms with Crippen molar-refractivity contribution in [3.05, 3.63) is 29.3 Å². The summed E-state index contributed by atoms with van der Waals surface area (Å²) < 4.78 is 0. The molecule has 1 aliphatic rings. The fraction of sp³-hybridized carbons (Fsp3) is 0.364. The van der Waals surface area contributed by atoms with Crippen LogP contribution in [-0.4, -0.2) is 12.3 Å². The fourth-order valence-corrected chi connectivity index (χ4v) is 1.75. The van der Waals surface area contributed by atoms with Crippen LogP contribution in [0.25, 0.3) is 0 Å². The number of benzene rings is 1. The Balaban J connectivity index is 2.48. The summed E-state index contributed by atoms with van der Waals surface area (Å²) in [4.78, 5) is 5.00. The van der Waals surface area contributed by atoms with Crippen molar-refractivity contribution in [2.75, 3.05) is 12.3 Å². The van der Waals surface area contributed by atoms with Crippen LogP contribution >= 0.6 is 0 Å². The summed E-state index contributed by atoms with van der Waals surface area (Å²) in [7, 11) is 0. The zero-order valence-electron chi connectivity index (χ0n) is 8.29. The Hall–Kier alpha value is -1.51. The minimum absolute atomic E-state index is 0.673. The van der Waals surface area contributed by atoms with Crippen molar-refractivity contribution >= 4 is 11.4 Å². The average molecular weight is 190 g/mol. The van der Waals surface area contributed by atoms with Crippen LogP contribution in [0.5, 0.6) is 0 Å². The van der Waals surface area contributed by atoms with Crippen molar-refractivity contribution in [2.45, 2.75) is 19.8 Å². The Morgan fingerprint density at radius 1 is 1.50 bits per heavy atom. The van der Waals surface area contributed by atoms with Gasteiger partial charge >= 0.3 is 0 Å². The second-order valence-electron chi connectivity index (χ2n) is 3.36. The van der Waals surface area contributed by atoms with E-state index in [-0.39, 0.29) is 0 Å². The van der Waals surface area contributed by atoms with Gasteiger partial charge in [-0.05, 0) is 18.1 Å². The van der Waals surface area contributed by atoms with Gasteiger partial charge in [0.1, 0.15) is 6.61 Å². The maximum absolute atomic E-state index is 5.94. The molecule has 0 saturated heterocycles. The zero-order valence-corrected chi connectivity index (χ0v) is 8.29. The van der Waals surface area contributed by atoms with Crippen molar-refractivity contribution in [1.29, 1.82) is 0 Å². The monoisotopic (exact) mass is 190 g/mol. The van der Waals surface area contributed by atoms with E-state index in [0.29, 0.717) is 6.61 Å². The van der Waals surface area contributed by atoms with Crippen LogP contribution in [0.15, 0.2) is 23.4 Å². The molecule has 1 aliphatic heterocycles. The van der Waals surface area contributed by atoms with E-state index < -0.39 is 0 Å². The Morgan fingerprint density at radius 2 is 2.36 bits per heavy atom. The van der Waals surface area contributed by atoms with Crippen LogP contribution in [0.3, 0.4) is 0 Å². The van der Waals surface area contributed by atoms with E-state index in [2.05, 4.69) is 18.1 Å². The summed E-state index contributed by atoms with van der Waals surface area (Å²) in [6, 6.07) is 5.98. The molecule has 1 aromatic rings. The molecule has 0 saturated carbocycles. The van der Waals surface area contributed by atoms with Crippen LogP contribution < -0.4 is 5.73 Å². The third-order valence-corrected chi connectivity index (χ3v) is 2.46.